The van der Waals surface area contributed by atoms with Gasteiger partial charge in [-0.25, -0.2) is 4.98 Å². The van der Waals surface area contributed by atoms with Crippen LogP contribution in [-0.4, -0.2) is 14.5 Å². The molecule has 0 saturated carbocycles. The first-order valence-corrected chi connectivity index (χ1v) is 7.07. The summed E-state index contributed by atoms with van der Waals surface area (Å²) in [7, 11) is 0. The van der Waals surface area contributed by atoms with Crippen LogP contribution in [0.3, 0.4) is 0 Å². The SMILES string of the molecule is Cc1cc2ccc(C(F)(F)F)nc2n1-c1ccc2[nH]ccc2c1. The predicted octanol–water partition coefficient (Wildman–Crippen LogP) is 4.83. The minimum Gasteiger partial charge on any atom is -0.361 e. The molecule has 1 aromatic carbocycles. The van der Waals surface area contributed by atoms with Gasteiger partial charge in [-0.15, -0.1) is 0 Å². The van der Waals surface area contributed by atoms with E-state index in [1.165, 1.54) is 6.07 Å². The molecule has 3 aromatic heterocycles. The van der Waals surface area contributed by atoms with Gasteiger partial charge in [0, 0.05) is 33.9 Å². The van der Waals surface area contributed by atoms with Crippen molar-refractivity contribution in [2.24, 2.45) is 0 Å². The molecule has 0 bridgehead atoms. The Balaban J connectivity index is 1.99. The molecule has 0 fully saturated rings. The molecule has 0 unspecified atom stereocenters. The van der Waals surface area contributed by atoms with Crippen molar-refractivity contribution in [3.63, 3.8) is 0 Å². The highest BCUT2D eigenvalue weighted by atomic mass is 19.4. The molecular weight excluding hydrogens is 303 g/mol. The van der Waals surface area contributed by atoms with E-state index in [9.17, 15) is 13.2 Å². The van der Waals surface area contributed by atoms with Crippen molar-refractivity contribution < 1.29 is 13.2 Å². The smallest absolute Gasteiger partial charge is 0.361 e. The average molecular weight is 315 g/mol. The molecule has 3 heterocycles. The Morgan fingerprint density at radius 1 is 1.00 bits per heavy atom. The highest BCUT2D eigenvalue weighted by Gasteiger charge is 2.33. The van der Waals surface area contributed by atoms with Crippen molar-refractivity contribution in [3.8, 4) is 5.69 Å². The van der Waals surface area contributed by atoms with Crippen LogP contribution >= 0.6 is 0 Å². The number of aromatic nitrogens is 3. The van der Waals surface area contributed by atoms with Gasteiger partial charge in [0.05, 0.1) is 0 Å². The van der Waals surface area contributed by atoms with Crippen LogP contribution in [0, 0.1) is 6.92 Å². The molecule has 116 valence electrons. The number of pyridine rings is 1. The van der Waals surface area contributed by atoms with Crippen LogP contribution in [0.25, 0.3) is 27.6 Å². The number of nitrogens with zero attached hydrogens (tertiary/aromatic N) is 2. The molecule has 0 aliphatic heterocycles. The molecule has 0 aliphatic rings. The van der Waals surface area contributed by atoms with Gasteiger partial charge in [0.1, 0.15) is 11.3 Å². The first kappa shape index (κ1) is 13.9. The molecule has 0 saturated heterocycles. The summed E-state index contributed by atoms with van der Waals surface area (Å²) in [4.78, 5) is 6.94. The van der Waals surface area contributed by atoms with E-state index in [1.54, 1.807) is 4.57 Å². The van der Waals surface area contributed by atoms with E-state index >= 15 is 0 Å². The number of hydrogen-bond acceptors (Lipinski definition) is 1. The largest absolute Gasteiger partial charge is 0.433 e. The molecule has 4 aromatic rings. The van der Waals surface area contributed by atoms with Crippen molar-refractivity contribution in [3.05, 3.63) is 60.0 Å². The predicted molar refractivity (Wildman–Crippen MR) is 82.7 cm³/mol. The Hall–Kier alpha value is -2.76. The summed E-state index contributed by atoms with van der Waals surface area (Å²) in [5.74, 6) is 0. The Labute approximate surface area is 129 Å². The number of H-pyrrole nitrogens is 1. The van der Waals surface area contributed by atoms with Crippen molar-refractivity contribution >= 4 is 21.9 Å². The van der Waals surface area contributed by atoms with E-state index < -0.39 is 11.9 Å². The van der Waals surface area contributed by atoms with Crippen molar-refractivity contribution in [1.82, 2.24) is 14.5 Å². The number of benzene rings is 1. The van der Waals surface area contributed by atoms with E-state index in [0.717, 1.165) is 28.4 Å². The standard InChI is InChI=1S/C17H12F3N3/c1-10-8-12-2-5-15(17(18,19)20)22-16(12)23(10)13-3-4-14-11(9-13)6-7-21-14/h2-9,21H,1H3. The Morgan fingerprint density at radius 3 is 2.61 bits per heavy atom. The van der Waals surface area contributed by atoms with Crippen molar-refractivity contribution in [1.29, 1.82) is 0 Å². The van der Waals surface area contributed by atoms with E-state index in [-0.39, 0.29) is 0 Å². The summed E-state index contributed by atoms with van der Waals surface area (Å²) in [5.41, 5.74) is 2.03. The van der Waals surface area contributed by atoms with Gasteiger partial charge in [0.2, 0.25) is 0 Å². The second kappa shape index (κ2) is 4.62. The zero-order chi connectivity index (χ0) is 16.2. The maximum absolute atomic E-state index is 12.9. The summed E-state index contributed by atoms with van der Waals surface area (Å²) in [6, 6.07) is 11.9. The number of hydrogen-bond donors (Lipinski definition) is 1. The summed E-state index contributed by atoms with van der Waals surface area (Å²) >= 11 is 0. The topological polar surface area (TPSA) is 33.6 Å². The van der Waals surface area contributed by atoms with Gasteiger partial charge in [-0.05, 0) is 49.4 Å². The maximum atomic E-state index is 12.9. The lowest BCUT2D eigenvalue weighted by atomic mass is 10.2. The van der Waals surface area contributed by atoms with E-state index in [0.29, 0.717) is 11.0 Å². The summed E-state index contributed by atoms with van der Waals surface area (Å²) in [5, 5.41) is 1.68. The van der Waals surface area contributed by atoms with Crippen LogP contribution in [0.15, 0.2) is 48.7 Å². The van der Waals surface area contributed by atoms with Gasteiger partial charge >= 0.3 is 6.18 Å². The lowest BCUT2D eigenvalue weighted by Gasteiger charge is -2.10. The number of halogens is 3. The molecule has 23 heavy (non-hydrogen) atoms. The van der Waals surface area contributed by atoms with E-state index in [4.69, 9.17) is 0 Å². The van der Waals surface area contributed by atoms with Crippen LogP contribution < -0.4 is 0 Å². The molecule has 0 radical (unpaired) electrons. The molecule has 0 amide bonds. The second-order valence-electron chi connectivity index (χ2n) is 5.48. The number of rotatable bonds is 1. The summed E-state index contributed by atoms with van der Waals surface area (Å²) < 4.78 is 40.6. The van der Waals surface area contributed by atoms with E-state index in [1.807, 2.05) is 43.5 Å². The van der Waals surface area contributed by atoms with Gasteiger partial charge < -0.3 is 4.98 Å². The molecule has 0 atom stereocenters. The fraction of sp³-hybridized carbons (Fsp3) is 0.118. The van der Waals surface area contributed by atoms with Crippen LogP contribution in [0.1, 0.15) is 11.4 Å². The van der Waals surface area contributed by atoms with E-state index in [2.05, 4.69) is 9.97 Å². The van der Waals surface area contributed by atoms with Crippen molar-refractivity contribution in [2.75, 3.05) is 0 Å². The minimum atomic E-state index is -4.46. The van der Waals surface area contributed by atoms with Gasteiger partial charge in [0.15, 0.2) is 0 Å². The normalized spacial score (nSPS) is 12.3. The molecule has 3 nitrogen and oxygen atoms in total. The fourth-order valence-electron chi connectivity index (χ4n) is 2.87. The molecule has 1 N–H and O–H groups in total. The highest BCUT2D eigenvalue weighted by Crippen LogP contribution is 2.31. The fourth-order valence-corrected chi connectivity index (χ4v) is 2.87. The summed E-state index contributed by atoms with van der Waals surface area (Å²) in [6.07, 6.45) is -2.63. The zero-order valence-electron chi connectivity index (χ0n) is 12.1. The third-order valence-electron chi connectivity index (χ3n) is 3.92. The Bertz CT molecular complexity index is 1020. The first-order chi connectivity index (χ1) is 10.9. The van der Waals surface area contributed by atoms with Crippen LogP contribution in [0.4, 0.5) is 13.2 Å². The summed E-state index contributed by atoms with van der Waals surface area (Å²) in [6.45, 7) is 1.86. The first-order valence-electron chi connectivity index (χ1n) is 7.07. The third-order valence-corrected chi connectivity index (χ3v) is 3.92. The lowest BCUT2D eigenvalue weighted by Crippen LogP contribution is -2.08. The molecule has 0 aliphatic carbocycles. The number of aromatic amines is 1. The Kier molecular flexibility index (Phi) is 2.78. The molecule has 0 spiro atoms. The van der Waals surface area contributed by atoms with Gasteiger partial charge in [0.25, 0.3) is 0 Å². The average Bonchev–Trinajstić information content (AvgIpc) is 3.07. The van der Waals surface area contributed by atoms with Crippen LogP contribution in [-0.2, 0) is 6.18 Å². The van der Waals surface area contributed by atoms with Crippen LogP contribution in [0.2, 0.25) is 0 Å². The number of fused-ring (bicyclic) bond motifs is 2. The number of nitrogens with one attached hydrogen (secondary N) is 1. The Morgan fingerprint density at radius 2 is 1.83 bits per heavy atom. The number of alkyl halides is 3. The quantitative estimate of drug-likeness (QED) is 0.536. The number of aryl methyl sites for hydroxylation is 1. The molecule has 4 rings (SSSR count). The van der Waals surface area contributed by atoms with Gasteiger partial charge in [-0.2, -0.15) is 13.2 Å². The third kappa shape index (κ3) is 2.18. The maximum Gasteiger partial charge on any atom is 0.433 e. The van der Waals surface area contributed by atoms with Gasteiger partial charge in [-0.3, -0.25) is 4.57 Å². The molecule has 6 heteroatoms. The highest BCUT2D eigenvalue weighted by molar-refractivity contribution is 5.84. The van der Waals surface area contributed by atoms with Gasteiger partial charge in [-0.1, -0.05) is 0 Å². The minimum absolute atomic E-state index is 0.312. The lowest BCUT2D eigenvalue weighted by molar-refractivity contribution is -0.141. The monoisotopic (exact) mass is 315 g/mol. The molecular formula is C17H12F3N3. The zero-order valence-corrected chi connectivity index (χ0v) is 12.1. The van der Waals surface area contributed by atoms with Crippen LogP contribution in [0.5, 0.6) is 0 Å². The second-order valence-corrected chi connectivity index (χ2v) is 5.48. The van der Waals surface area contributed by atoms with Crippen molar-refractivity contribution in [2.45, 2.75) is 13.1 Å².